The van der Waals surface area contributed by atoms with Crippen LogP contribution in [0.1, 0.15) is 30.3 Å². The van der Waals surface area contributed by atoms with Crippen LogP contribution in [0.5, 0.6) is 5.75 Å². The molecule has 1 atom stereocenters. The lowest BCUT2D eigenvalue weighted by molar-refractivity contribution is -0.274. The van der Waals surface area contributed by atoms with Gasteiger partial charge in [-0.2, -0.15) is 4.31 Å². The number of aliphatic carboxylic acids is 1. The molecule has 45 heavy (non-hydrogen) atoms. The first kappa shape index (κ1) is 35.3. The van der Waals surface area contributed by atoms with Gasteiger partial charge in [0.2, 0.25) is 15.9 Å². The highest BCUT2D eigenvalue weighted by Gasteiger charge is 2.41. The number of carbonyl (C=O) groups is 2. The lowest BCUT2D eigenvalue weighted by Gasteiger charge is -2.38. The summed E-state index contributed by atoms with van der Waals surface area (Å²) in [5.41, 5.74) is 6.29. The molecule has 1 aromatic heterocycles. The second kappa shape index (κ2) is 14.2. The summed E-state index contributed by atoms with van der Waals surface area (Å²) in [5.74, 6) is -4.96. The van der Waals surface area contributed by atoms with E-state index in [4.69, 9.17) is 5.73 Å². The second-order valence-electron chi connectivity index (χ2n) is 9.67. The Balaban J connectivity index is 0.000000355. The van der Waals surface area contributed by atoms with Crippen molar-refractivity contribution < 1.29 is 49.8 Å². The largest absolute Gasteiger partial charge is 0.573 e. The molecule has 19 heteroatoms. The van der Waals surface area contributed by atoms with Gasteiger partial charge in [-0.15, -0.1) is 18.3 Å². The number of sulfonamides is 1. The summed E-state index contributed by atoms with van der Waals surface area (Å²) in [4.78, 5) is 25.0. The summed E-state index contributed by atoms with van der Waals surface area (Å²) < 4.78 is 94.5. The molecule has 3 aromatic rings. The molecule has 2 aromatic carbocycles. The number of nitrogens with two attached hydrogens (primary N) is 1. The van der Waals surface area contributed by atoms with E-state index in [0.717, 1.165) is 29.8 Å². The number of ether oxygens (including phenoxy) is 1. The van der Waals surface area contributed by atoms with Crippen LogP contribution in [0.4, 0.5) is 22.0 Å². The van der Waals surface area contributed by atoms with Gasteiger partial charge in [-0.1, -0.05) is 31.2 Å². The van der Waals surface area contributed by atoms with Crippen LogP contribution in [-0.4, -0.2) is 86.9 Å². The van der Waals surface area contributed by atoms with Crippen molar-refractivity contribution >= 4 is 21.9 Å². The Bertz CT molecular complexity index is 1570. The Morgan fingerprint density at radius 2 is 1.67 bits per heavy atom. The summed E-state index contributed by atoms with van der Waals surface area (Å²) in [7, 11) is -4.38. The number of aryl methyl sites for hydroxylation is 1. The predicted octanol–water partition coefficient (Wildman–Crippen LogP) is 2.51. The number of carbonyl (C=O) groups excluding carboxylic acids is 1. The summed E-state index contributed by atoms with van der Waals surface area (Å²) in [5, 5.41) is 20.2. The molecule has 0 bridgehead atoms. The third-order valence-electron chi connectivity index (χ3n) is 6.68. The fraction of sp³-hybridized carbons (Fsp3) is 0.423. The Labute approximate surface area is 254 Å². The van der Waals surface area contributed by atoms with Crippen LogP contribution in [0.25, 0.3) is 0 Å². The Hall–Kier alpha value is -4.23. The third-order valence-corrected chi connectivity index (χ3v) is 8.61. The van der Waals surface area contributed by atoms with Gasteiger partial charge in [-0.05, 0) is 47.2 Å². The van der Waals surface area contributed by atoms with Gasteiger partial charge in [0.15, 0.2) is 0 Å². The van der Waals surface area contributed by atoms with E-state index < -0.39 is 57.4 Å². The zero-order valence-electron chi connectivity index (χ0n) is 24.0. The zero-order valence-corrected chi connectivity index (χ0v) is 24.8. The van der Waals surface area contributed by atoms with Gasteiger partial charge in [0, 0.05) is 38.2 Å². The highest BCUT2D eigenvalue weighted by molar-refractivity contribution is 7.89. The van der Waals surface area contributed by atoms with Crippen LogP contribution in [0.15, 0.2) is 53.4 Å². The maximum absolute atomic E-state index is 13.1. The smallest absolute Gasteiger partial charge is 0.480 e. The molecule has 2 heterocycles. The number of tetrazole rings is 1. The molecule has 4 rings (SSSR count). The molecule has 0 spiro atoms. The minimum Gasteiger partial charge on any atom is -0.480 e. The van der Waals surface area contributed by atoms with Crippen LogP contribution >= 0.6 is 0 Å². The Morgan fingerprint density at radius 3 is 2.16 bits per heavy atom. The van der Waals surface area contributed by atoms with E-state index in [9.17, 15) is 45.1 Å². The molecular weight excluding hydrogens is 633 g/mol. The number of rotatable bonds is 9. The number of carboxylic acids is 1. The number of aromatic nitrogens is 4. The quantitative estimate of drug-likeness (QED) is 0.324. The van der Waals surface area contributed by atoms with E-state index in [1.54, 1.807) is 19.1 Å². The van der Waals surface area contributed by atoms with Gasteiger partial charge in [0.05, 0.1) is 4.90 Å². The molecule has 0 unspecified atom stereocenters. The number of benzene rings is 2. The van der Waals surface area contributed by atoms with Crippen molar-refractivity contribution in [2.45, 2.75) is 56.6 Å². The zero-order chi connectivity index (χ0) is 33.6. The molecule has 0 saturated carbocycles. The minimum atomic E-state index is -4.95. The lowest BCUT2D eigenvalue weighted by Crippen LogP contribution is -2.59. The molecule has 1 aliphatic rings. The maximum atomic E-state index is 13.1. The van der Waals surface area contributed by atoms with Crippen molar-refractivity contribution in [3.8, 4) is 5.75 Å². The van der Waals surface area contributed by atoms with Gasteiger partial charge in [-0.25, -0.2) is 21.9 Å². The molecule has 13 nitrogen and oxygen atoms in total. The van der Waals surface area contributed by atoms with Crippen LogP contribution in [0, 0.1) is 6.92 Å². The number of halogens is 5. The molecule has 1 amide bonds. The predicted molar refractivity (Wildman–Crippen MR) is 146 cm³/mol. The average molecular weight is 664 g/mol. The minimum absolute atomic E-state index is 0.0622. The Kier molecular flexibility index (Phi) is 11.2. The van der Waals surface area contributed by atoms with Crippen LogP contribution in [0.2, 0.25) is 0 Å². The van der Waals surface area contributed by atoms with Gasteiger partial charge >= 0.3 is 12.3 Å². The topological polar surface area (TPSA) is 174 Å². The number of carboxylic acid groups (broad SMARTS) is 1. The lowest BCUT2D eigenvalue weighted by atomic mass is 10.0. The number of piperazine rings is 1. The standard InChI is InChI=1S/C16H17F3N6O6S.C10H13F2N/c1-10-20-21-22-24(10)9-14(26)23-6-7-25(13(8-23)15(27)28)32(29,30)12-4-2-11(3-5-12)31-16(17,18)19;1-2-10(11,12)9-5-3-8(7-13)4-6-9/h2-5,13H,6-9H2,1H3,(H,27,28);3-6H,2,7,13H2,1H3/t13-;/m1./s1. The van der Waals surface area contributed by atoms with E-state index in [0.29, 0.717) is 16.7 Å². The molecule has 3 N–H and O–H groups in total. The highest BCUT2D eigenvalue weighted by Crippen LogP contribution is 2.31. The van der Waals surface area contributed by atoms with Gasteiger partial charge in [0.25, 0.3) is 5.92 Å². The van der Waals surface area contributed by atoms with Crippen LogP contribution < -0.4 is 10.5 Å². The highest BCUT2D eigenvalue weighted by atomic mass is 32.2. The van der Waals surface area contributed by atoms with Gasteiger partial charge in [-0.3, -0.25) is 9.59 Å². The first-order valence-corrected chi connectivity index (χ1v) is 14.7. The first-order chi connectivity index (χ1) is 21.0. The average Bonchev–Trinajstić information content (AvgIpc) is 3.40. The van der Waals surface area contributed by atoms with Gasteiger partial charge < -0.3 is 20.5 Å². The molecule has 1 aliphatic heterocycles. The summed E-state index contributed by atoms with van der Waals surface area (Å²) in [6.45, 7) is 2.32. The molecule has 246 valence electrons. The molecule has 0 aliphatic carbocycles. The fourth-order valence-electron chi connectivity index (χ4n) is 4.14. The van der Waals surface area contributed by atoms with E-state index in [1.165, 1.54) is 28.6 Å². The van der Waals surface area contributed by atoms with Crippen LogP contribution in [-0.2, 0) is 38.6 Å². The van der Waals surface area contributed by atoms with Crippen molar-refractivity contribution in [2.24, 2.45) is 5.73 Å². The van der Waals surface area contributed by atoms with E-state index in [-0.39, 0.29) is 31.6 Å². The van der Waals surface area contributed by atoms with Crippen molar-refractivity contribution in [2.75, 3.05) is 19.6 Å². The van der Waals surface area contributed by atoms with Gasteiger partial charge in [0.1, 0.15) is 24.2 Å². The van der Waals surface area contributed by atoms with Crippen molar-refractivity contribution in [3.05, 3.63) is 65.5 Å². The van der Waals surface area contributed by atoms with Crippen molar-refractivity contribution in [3.63, 3.8) is 0 Å². The summed E-state index contributed by atoms with van der Waals surface area (Å²) >= 11 is 0. The van der Waals surface area contributed by atoms with Crippen molar-refractivity contribution in [1.82, 2.24) is 29.4 Å². The molecular formula is C26H30F5N7O6S. The second-order valence-corrected chi connectivity index (χ2v) is 11.6. The number of alkyl halides is 5. The Morgan fingerprint density at radius 1 is 1.04 bits per heavy atom. The molecule has 0 radical (unpaired) electrons. The van der Waals surface area contributed by atoms with E-state index in [2.05, 4.69) is 20.3 Å². The summed E-state index contributed by atoms with van der Waals surface area (Å²) in [6, 6.07) is 7.93. The normalized spacial score (nSPS) is 16.1. The molecule has 1 fully saturated rings. The van der Waals surface area contributed by atoms with Crippen LogP contribution in [0.3, 0.4) is 0 Å². The molecule has 1 saturated heterocycles. The number of amides is 1. The van der Waals surface area contributed by atoms with E-state index >= 15 is 0 Å². The monoisotopic (exact) mass is 663 g/mol. The SMILES string of the molecule is CCC(F)(F)c1ccc(CN)cc1.Cc1nnnn1CC(=O)N1CCN(S(=O)(=O)c2ccc(OC(F)(F)F)cc2)[C@@H](C(=O)O)C1. The third kappa shape index (κ3) is 9.14. The van der Waals surface area contributed by atoms with E-state index in [1.807, 2.05) is 0 Å². The fourth-order valence-corrected chi connectivity index (χ4v) is 5.71. The number of hydrogen-bond donors (Lipinski definition) is 2. The number of hydrogen-bond acceptors (Lipinski definition) is 9. The maximum Gasteiger partial charge on any atom is 0.573 e. The number of nitrogens with zero attached hydrogens (tertiary/aromatic N) is 6. The summed E-state index contributed by atoms with van der Waals surface area (Å²) in [6.07, 6.45) is -5.12. The van der Waals surface area contributed by atoms with Crippen molar-refractivity contribution in [1.29, 1.82) is 0 Å². The first-order valence-electron chi connectivity index (χ1n) is 13.3.